The van der Waals surface area contributed by atoms with E-state index in [-0.39, 0.29) is 10.6 Å². The first kappa shape index (κ1) is 12.0. The summed E-state index contributed by atoms with van der Waals surface area (Å²) in [6, 6.07) is 6.60. The standard InChI is InChI=1S/C10H13NO3S/c1-14-7-2-8-15-10-5-3-9(4-6-10)11(12)13/h3-6H,2,7-8H2,1H3. The number of hydrogen-bond donors (Lipinski definition) is 0. The second-order valence-corrected chi connectivity index (χ2v) is 4.11. The molecule has 1 aromatic rings. The fourth-order valence-electron chi connectivity index (χ4n) is 1.06. The van der Waals surface area contributed by atoms with E-state index in [1.807, 2.05) is 0 Å². The number of benzene rings is 1. The molecule has 0 aliphatic carbocycles. The van der Waals surface area contributed by atoms with Gasteiger partial charge in [0.05, 0.1) is 4.92 Å². The third-order valence-electron chi connectivity index (χ3n) is 1.81. The molecule has 4 nitrogen and oxygen atoms in total. The Balaban J connectivity index is 2.39. The fourth-order valence-corrected chi connectivity index (χ4v) is 1.88. The van der Waals surface area contributed by atoms with Crippen molar-refractivity contribution in [1.82, 2.24) is 0 Å². The second-order valence-electron chi connectivity index (χ2n) is 2.95. The van der Waals surface area contributed by atoms with E-state index in [1.165, 1.54) is 12.1 Å². The lowest BCUT2D eigenvalue weighted by Crippen LogP contribution is -1.90. The van der Waals surface area contributed by atoms with Crippen molar-refractivity contribution in [3.05, 3.63) is 34.4 Å². The van der Waals surface area contributed by atoms with Crippen LogP contribution in [0.5, 0.6) is 0 Å². The van der Waals surface area contributed by atoms with Gasteiger partial charge >= 0.3 is 0 Å². The molecule has 0 aliphatic heterocycles. The van der Waals surface area contributed by atoms with Crippen LogP contribution in [0.2, 0.25) is 0 Å². The summed E-state index contributed by atoms with van der Waals surface area (Å²) in [6.07, 6.45) is 0.984. The number of non-ortho nitro benzene ring substituents is 1. The molecule has 0 unspecified atom stereocenters. The van der Waals surface area contributed by atoms with E-state index in [0.29, 0.717) is 0 Å². The predicted octanol–water partition coefficient (Wildman–Crippen LogP) is 2.72. The van der Waals surface area contributed by atoms with Crippen LogP contribution < -0.4 is 0 Å². The number of ether oxygens (including phenoxy) is 1. The average molecular weight is 227 g/mol. The minimum Gasteiger partial charge on any atom is -0.385 e. The topological polar surface area (TPSA) is 52.4 Å². The minimum absolute atomic E-state index is 0.135. The molecule has 1 rings (SSSR count). The molecule has 0 radical (unpaired) electrons. The van der Waals surface area contributed by atoms with Crippen LogP contribution in [0, 0.1) is 10.1 Å². The van der Waals surface area contributed by atoms with Crippen LogP contribution in [0.1, 0.15) is 6.42 Å². The zero-order valence-corrected chi connectivity index (χ0v) is 9.33. The van der Waals surface area contributed by atoms with Crippen LogP contribution in [0.4, 0.5) is 5.69 Å². The Morgan fingerprint density at radius 1 is 1.40 bits per heavy atom. The summed E-state index contributed by atoms with van der Waals surface area (Å²) in [4.78, 5) is 11.1. The van der Waals surface area contributed by atoms with Crippen molar-refractivity contribution in [2.24, 2.45) is 0 Å². The Morgan fingerprint density at radius 2 is 2.07 bits per heavy atom. The molecule has 0 saturated carbocycles. The summed E-state index contributed by atoms with van der Waals surface area (Å²) >= 11 is 1.68. The van der Waals surface area contributed by atoms with Crippen molar-refractivity contribution >= 4 is 17.4 Å². The van der Waals surface area contributed by atoms with Crippen molar-refractivity contribution in [2.75, 3.05) is 19.5 Å². The summed E-state index contributed by atoms with van der Waals surface area (Å²) in [7, 11) is 1.68. The zero-order valence-electron chi connectivity index (χ0n) is 8.51. The van der Waals surface area contributed by atoms with E-state index in [1.54, 1.807) is 31.0 Å². The van der Waals surface area contributed by atoms with E-state index >= 15 is 0 Å². The molecular formula is C10H13NO3S. The second kappa shape index (κ2) is 6.42. The van der Waals surface area contributed by atoms with Gasteiger partial charge in [-0.1, -0.05) is 0 Å². The molecule has 82 valence electrons. The Hall–Kier alpha value is -1.07. The Bertz CT molecular complexity index is 313. The molecule has 15 heavy (non-hydrogen) atoms. The number of hydrogen-bond acceptors (Lipinski definition) is 4. The first-order chi connectivity index (χ1) is 7.24. The lowest BCUT2D eigenvalue weighted by Gasteiger charge is -2.00. The molecule has 0 amide bonds. The smallest absolute Gasteiger partial charge is 0.269 e. The first-order valence-electron chi connectivity index (χ1n) is 4.60. The molecule has 0 aromatic heterocycles. The van der Waals surface area contributed by atoms with Crippen LogP contribution in [-0.4, -0.2) is 24.4 Å². The molecule has 0 saturated heterocycles. The third kappa shape index (κ3) is 4.31. The lowest BCUT2D eigenvalue weighted by molar-refractivity contribution is -0.384. The van der Waals surface area contributed by atoms with Crippen molar-refractivity contribution in [1.29, 1.82) is 0 Å². The van der Waals surface area contributed by atoms with Crippen LogP contribution in [0.15, 0.2) is 29.2 Å². The van der Waals surface area contributed by atoms with Crippen molar-refractivity contribution in [3.63, 3.8) is 0 Å². The van der Waals surface area contributed by atoms with Gasteiger partial charge in [-0.05, 0) is 18.6 Å². The van der Waals surface area contributed by atoms with Gasteiger partial charge < -0.3 is 4.74 Å². The van der Waals surface area contributed by atoms with E-state index in [2.05, 4.69) is 0 Å². The highest BCUT2D eigenvalue weighted by Gasteiger charge is 2.03. The fraction of sp³-hybridized carbons (Fsp3) is 0.400. The molecule has 5 heteroatoms. The van der Waals surface area contributed by atoms with Gasteiger partial charge in [0.2, 0.25) is 0 Å². The van der Waals surface area contributed by atoms with Crippen LogP contribution >= 0.6 is 11.8 Å². The minimum atomic E-state index is -0.390. The predicted molar refractivity (Wildman–Crippen MR) is 60.3 cm³/mol. The van der Waals surface area contributed by atoms with Gasteiger partial charge in [0, 0.05) is 36.5 Å². The Labute approximate surface area is 92.8 Å². The number of nitro benzene ring substituents is 1. The van der Waals surface area contributed by atoms with Gasteiger partial charge in [-0.25, -0.2) is 0 Å². The van der Waals surface area contributed by atoms with Crippen molar-refractivity contribution < 1.29 is 9.66 Å². The summed E-state index contributed by atoms with van der Waals surface area (Å²) in [6.45, 7) is 0.750. The third-order valence-corrected chi connectivity index (χ3v) is 2.91. The molecule has 1 aromatic carbocycles. The number of nitro groups is 1. The highest BCUT2D eigenvalue weighted by molar-refractivity contribution is 7.99. The quantitative estimate of drug-likeness (QED) is 0.324. The maximum Gasteiger partial charge on any atom is 0.269 e. The molecular weight excluding hydrogens is 214 g/mol. The Morgan fingerprint density at radius 3 is 2.60 bits per heavy atom. The van der Waals surface area contributed by atoms with E-state index in [0.717, 1.165) is 23.7 Å². The summed E-state index contributed by atoms with van der Waals surface area (Å²) in [5, 5.41) is 10.4. The van der Waals surface area contributed by atoms with Crippen LogP contribution in [0.25, 0.3) is 0 Å². The molecule has 0 N–H and O–H groups in total. The van der Waals surface area contributed by atoms with Gasteiger partial charge in [0.15, 0.2) is 0 Å². The molecule has 0 aliphatic rings. The van der Waals surface area contributed by atoms with Crippen molar-refractivity contribution in [3.8, 4) is 0 Å². The first-order valence-corrected chi connectivity index (χ1v) is 5.59. The summed E-state index contributed by atoms with van der Waals surface area (Å²) in [5.74, 6) is 0.964. The van der Waals surface area contributed by atoms with E-state index in [9.17, 15) is 10.1 Å². The van der Waals surface area contributed by atoms with E-state index in [4.69, 9.17) is 4.74 Å². The molecule has 0 heterocycles. The highest BCUT2D eigenvalue weighted by Crippen LogP contribution is 2.21. The average Bonchev–Trinajstić information content (AvgIpc) is 2.25. The van der Waals surface area contributed by atoms with Crippen molar-refractivity contribution in [2.45, 2.75) is 11.3 Å². The zero-order chi connectivity index (χ0) is 11.1. The Kier molecular flexibility index (Phi) is 5.14. The molecule has 0 fully saturated rings. The number of methoxy groups -OCH3 is 1. The molecule has 0 atom stereocenters. The van der Waals surface area contributed by atoms with Gasteiger partial charge in [0.25, 0.3) is 5.69 Å². The lowest BCUT2D eigenvalue weighted by atomic mass is 10.3. The number of nitrogens with zero attached hydrogens (tertiary/aromatic N) is 1. The number of thioether (sulfide) groups is 1. The van der Waals surface area contributed by atoms with Crippen LogP contribution in [-0.2, 0) is 4.74 Å². The SMILES string of the molecule is COCCCSc1ccc([N+](=O)[O-])cc1. The summed E-state index contributed by atoms with van der Waals surface area (Å²) in [5.41, 5.74) is 0.135. The highest BCUT2D eigenvalue weighted by atomic mass is 32.2. The molecule has 0 bridgehead atoms. The van der Waals surface area contributed by atoms with Gasteiger partial charge in [-0.15, -0.1) is 11.8 Å². The maximum absolute atomic E-state index is 10.4. The van der Waals surface area contributed by atoms with Crippen LogP contribution in [0.3, 0.4) is 0 Å². The normalized spacial score (nSPS) is 10.2. The molecule has 0 spiro atoms. The number of rotatable bonds is 6. The summed E-state index contributed by atoms with van der Waals surface area (Å²) < 4.78 is 4.93. The monoisotopic (exact) mass is 227 g/mol. The van der Waals surface area contributed by atoms with Gasteiger partial charge in [-0.3, -0.25) is 10.1 Å². The van der Waals surface area contributed by atoms with E-state index < -0.39 is 0 Å². The maximum atomic E-state index is 10.4. The largest absolute Gasteiger partial charge is 0.385 e. The van der Waals surface area contributed by atoms with Gasteiger partial charge in [0.1, 0.15) is 0 Å². The van der Waals surface area contributed by atoms with Gasteiger partial charge in [-0.2, -0.15) is 0 Å².